The van der Waals surface area contributed by atoms with Crippen LogP contribution >= 0.6 is 24.0 Å². The standard InChI is InChI=1S/C23H35N5O.HI/c1-5-24-23(25-15-17(2)22-18(3)27-29-19(22)4)26-21-11-13-28(14-12-21)16-20-9-7-6-8-10-20;/h6-10,17,21H,5,11-16H2,1-4H3,(H2,24,25,26);1H. The third kappa shape index (κ3) is 6.97. The summed E-state index contributed by atoms with van der Waals surface area (Å²) in [6.45, 7) is 13.1. The van der Waals surface area contributed by atoms with Crippen molar-refractivity contribution in [1.29, 1.82) is 0 Å². The van der Waals surface area contributed by atoms with Gasteiger partial charge >= 0.3 is 0 Å². The highest BCUT2D eigenvalue weighted by molar-refractivity contribution is 14.0. The van der Waals surface area contributed by atoms with Gasteiger partial charge in [-0.1, -0.05) is 42.4 Å². The zero-order valence-electron chi connectivity index (χ0n) is 18.6. The van der Waals surface area contributed by atoms with Gasteiger partial charge in [0.05, 0.1) is 5.69 Å². The van der Waals surface area contributed by atoms with Crippen molar-refractivity contribution in [3.05, 3.63) is 52.9 Å². The summed E-state index contributed by atoms with van der Waals surface area (Å²) in [6, 6.07) is 11.2. The van der Waals surface area contributed by atoms with E-state index in [1.54, 1.807) is 0 Å². The molecule has 1 aromatic heterocycles. The summed E-state index contributed by atoms with van der Waals surface area (Å²) in [6.07, 6.45) is 2.27. The monoisotopic (exact) mass is 525 g/mol. The predicted octanol–water partition coefficient (Wildman–Crippen LogP) is 4.23. The van der Waals surface area contributed by atoms with Crippen LogP contribution < -0.4 is 10.6 Å². The van der Waals surface area contributed by atoms with Crippen LogP contribution in [0.1, 0.15) is 55.2 Å². The summed E-state index contributed by atoms with van der Waals surface area (Å²) in [5, 5.41) is 11.1. The van der Waals surface area contributed by atoms with E-state index in [4.69, 9.17) is 9.52 Å². The molecule has 0 bridgehead atoms. The topological polar surface area (TPSA) is 65.7 Å². The first-order valence-corrected chi connectivity index (χ1v) is 10.8. The molecule has 0 radical (unpaired) electrons. The zero-order valence-corrected chi connectivity index (χ0v) is 21.0. The quantitative estimate of drug-likeness (QED) is 0.322. The van der Waals surface area contributed by atoms with E-state index in [2.05, 4.69) is 64.9 Å². The van der Waals surface area contributed by atoms with Crippen LogP contribution in [0.5, 0.6) is 0 Å². The maximum atomic E-state index is 5.31. The van der Waals surface area contributed by atoms with Crippen molar-refractivity contribution in [2.75, 3.05) is 26.2 Å². The lowest BCUT2D eigenvalue weighted by Gasteiger charge is -2.33. The Morgan fingerprint density at radius 2 is 1.93 bits per heavy atom. The fraction of sp³-hybridized carbons (Fsp3) is 0.565. The zero-order chi connectivity index (χ0) is 20.6. The molecule has 0 saturated carbocycles. The minimum atomic E-state index is 0. The fourth-order valence-electron chi connectivity index (χ4n) is 4.10. The summed E-state index contributed by atoms with van der Waals surface area (Å²) < 4.78 is 5.31. The molecular weight excluding hydrogens is 489 g/mol. The lowest BCUT2D eigenvalue weighted by atomic mass is 10.00. The van der Waals surface area contributed by atoms with E-state index in [0.717, 1.165) is 56.4 Å². The Morgan fingerprint density at radius 1 is 1.23 bits per heavy atom. The number of benzene rings is 1. The first kappa shape index (κ1) is 24.7. The number of rotatable bonds is 7. The number of aryl methyl sites for hydroxylation is 2. The van der Waals surface area contributed by atoms with Gasteiger partial charge in [0.25, 0.3) is 0 Å². The van der Waals surface area contributed by atoms with E-state index in [1.807, 2.05) is 13.8 Å². The summed E-state index contributed by atoms with van der Waals surface area (Å²) in [5.74, 6) is 2.09. The van der Waals surface area contributed by atoms with Crippen molar-refractivity contribution in [3.63, 3.8) is 0 Å². The van der Waals surface area contributed by atoms with E-state index in [9.17, 15) is 0 Å². The Labute approximate surface area is 197 Å². The second-order valence-electron chi connectivity index (χ2n) is 8.04. The lowest BCUT2D eigenvalue weighted by molar-refractivity contribution is 0.198. The molecule has 166 valence electrons. The van der Waals surface area contributed by atoms with Crippen molar-refractivity contribution in [2.45, 2.75) is 59.0 Å². The van der Waals surface area contributed by atoms with E-state index in [0.29, 0.717) is 12.6 Å². The molecule has 0 amide bonds. The molecule has 1 saturated heterocycles. The van der Waals surface area contributed by atoms with Crippen LogP contribution in [0.25, 0.3) is 0 Å². The van der Waals surface area contributed by atoms with E-state index < -0.39 is 0 Å². The number of aromatic nitrogens is 1. The van der Waals surface area contributed by atoms with E-state index in [-0.39, 0.29) is 29.9 Å². The lowest BCUT2D eigenvalue weighted by Crippen LogP contribution is -2.48. The second-order valence-corrected chi connectivity index (χ2v) is 8.04. The third-order valence-corrected chi connectivity index (χ3v) is 5.63. The van der Waals surface area contributed by atoms with Gasteiger partial charge in [-0.25, -0.2) is 0 Å². The largest absolute Gasteiger partial charge is 0.361 e. The molecule has 2 heterocycles. The molecule has 0 aliphatic carbocycles. The van der Waals surface area contributed by atoms with Gasteiger partial charge in [0.2, 0.25) is 0 Å². The SMILES string of the molecule is CCNC(=NCC(C)c1c(C)noc1C)NC1CCN(Cc2ccccc2)CC1.I. The van der Waals surface area contributed by atoms with Crippen molar-refractivity contribution in [1.82, 2.24) is 20.7 Å². The molecule has 1 fully saturated rings. The van der Waals surface area contributed by atoms with E-state index >= 15 is 0 Å². The number of nitrogens with zero attached hydrogens (tertiary/aromatic N) is 3. The van der Waals surface area contributed by atoms with Crippen LogP contribution in [0.3, 0.4) is 0 Å². The molecular formula is C23H36IN5O. The number of aliphatic imine (C=N–C) groups is 1. The van der Waals surface area contributed by atoms with Crippen molar-refractivity contribution < 1.29 is 4.52 Å². The van der Waals surface area contributed by atoms with Crippen LogP contribution in [-0.4, -0.2) is 48.2 Å². The van der Waals surface area contributed by atoms with Gasteiger partial charge in [-0.05, 0) is 39.2 Å². The Balaban J connectivity index is 0.00000320. The molecule has 1 aliphatic rings. The molecule has 0 spiro atoms. The van der Waals surface area contributed by atoms with Crippen LogP contribution in [0.4, 0.5) is 0 Å². The van der Waals surface area contributed by atoms with Gasteiger partial charge in [-0.15, -0.1) is 24.0 Å². The number of likely N-dealkylation sites (tertiary alicyclic amines) is 1. The van der Waals surface area contributed by atoms with Crippen molar-refractivity contribution in [2.24, 2.45) is 4.99 Å². The van der Waals surface area contributed by atoms with E-state index in [1.165, 1.54) is 11.1 Å². The minimum absolute atomic E-state index is 0. The first-order valence-electron chi connectivity index (χ1n) is 10.8. The molecule has 6 nitrogen and oxygen atoms in total. The first-order chi connectivity index (χ1) is 14.1. The molecule has 2 aromatic rings. The average molecular weight is 525 g/mol. The number of hydrogen-bond donors (Lipinski definition) is 2. The highest BCUT2D eigenvalue weighted by atomic mass is 127. The number of nitrogens with one attached hydrogen (secondary N) is 2. The molecule has 3 rings (SSSR count). The van der Waals surface area contributed by atoms with Crippen LogP contribution in [0, 0.1) is 13.8 Å². The maximum Gasteiger partial charge on any atom is 0.191 e. The Hall–Kier alpha value is -1.61. The predicted molar refractivity (Wildman–Crippen MR) is 134 cm³/mol. The Kier molecular flexibility index (Phi) is 10.1. The van der Waals surface area contributed by atoms with Crippen molar-refractivity contribution >= 4 is 29.9 Å². The van der Waals surface area contributed by atoms with Gasteiger partial charge in [-0.3, -0.25) is 9.89 Å². The summed E-state index contributed by atoms with van der Waals surface area (Å²) >= 11 is 0. The smallest absolute Gasteiger partial charge is 0.191 e. The van der Waals surface area contributed by atoms with Crippen LogP contribution in [0.2, 0.25) is 0 Å². The maximum absolute atomic E-state index is 5.31. The number of piperidine rings is 1. The normalized spacial score (nSPS) is 16.7. The summed E-state index contributed by atoms with van der Waals surface area (Å²) in [5.41, 5.74) is 3.54. The molecule has 7 heteroatoms. The molecule has 30 heavy (non-hydrogen) atoms. The average Bonchev–Trinajstić information content (AvgIpc) is 3.06. The Morgan fingerprint density at radius 3 is 2.53 bits per heavy atom. The van der Waals surface area contributed by atoms with Crippen LogP contribution in [0.15, 0.2) is 39.8 Å². The molecule has 1 aromatic carbocycles. The van der Waals surface area contributed by atoms with Gasteiger partial charge in [0.1, 0.15) is 5.76 Å². The minimum Gasteiger partial charge on any atom is -0.361 e. The highest BCUT2D eigenvalue weighted by Crippen LogP contribution is 2.23. The number of guanidine groups is 1. The Bertz CT molecular complexity index is 765. The molecule has 1 aliphatic heterocycles. The van der Waals surface area contributed by atoms with Gasteiger partial charge in [0, 0.05) is 50.2 Å². The van der Waals surface area contributed by atoms with Gasteiger partial charge in [-0.2, -0.15) is 0 Å². The fourth-order valence-corrected chi connectivity index (χ4v) is 4.10. The highest BCUT2D eigenvalue weighted by Gasteiger charge is 2.21. The summed E-state index contributed by atoms with van der Waals surface area (Å²) in [7, 11) is 0. The van der Waals surface area contributed by atoms with Crippen LogP contribution in [-0.2, 0) is 6.54 Å². The molecule has 1 unspecified atom stereocenters. The number of halogens is 1. The van der Waals surface area contributed by atoms with Crippen molar-refractivity contribution in [3.8, 4) is 0 Å². The second kappa shape index (κ2) is 12.3. The summed E-state index contributed by atoms with van der Waals surface area (Å²) in [4.78, 5) is 7.38. The number of hydrogen-bond acceptors (Lipinski definition) is 4. The van der Waals surface area contributed by atoms with Gasteiger partial charge in [0.15, 0.2) is 5.96 Å². The molecule has 1 atom stereocenters. The third-order valence-electron chi connectivity index (χ3n) is 5.63. The molecule has 2 N–H and O–H groups in total. The van der Waals surface area contributed by atoms with Gasteiger partial charge < -0.3 is 15.2 Å².